The third-order valence-corrected chi connectivity index (χ3v) is 6.29. The summed E-state index contributed by atoms with van der Waals surface area (Å²) in [5.74, 6) is 1.06. The highest BCUT2D eigenvalue weighted by Crippen LogP contribution is 2.29. The van der Waals surface area contributed by atoms with E-state index in [0.717, 1.165) is 52.1 Å². The highest BCUT2D eigenvalue weighted by molar-refractivity contribution is 5.87. The first kappa shape index (κ1) is 19.0. The molecule has 30 heavy (non-hydrogen) atoms. The lowest BCUT2D eigenvalue weighted by Gasteiger charge is -2.35. The fraction of sp³-hybridized carbons (Fsp3) is 0.375. The molecule has 0 atom stereocenters. The average Bonchev–Trinajstić information content (AvgIpc) is 3.11. The third-order valence-electron chi connectivity index (χ3n) is 6.29. The first-order valence-corrected chi connectivity index (χ1v) is 10.6. The SMILES string of the molecule is Cc1cc2nn(C)cc2cc1-c1ccc2nc(N3CCC(N(C)C)CC3)ccc2n1. The van der Waals surface area contributed by atoms with Gasteiger partial charge in [-0.2, -0.15) is 5.10 Å². The summed E-state index contributed by atoms with van der Waals surface area (Å²) in [4.78, 5) is 14.6. The summed E-state index contributed by atoms with van der Waals surface area (Å²) in [6, 6.07) is 13.4. The van der Waals surface area contributed by atoms with E-state index in [-0.39, 0.29) is 0 Å². The Labute approximate surface area is 177 Å². The van der Waals surface area contributed by atoms with Crippen LogP contribution in [0.5, 0.6) is 0 Å². The van der Waals surface area contributed by atoms with E-state index in [1.165, 1.54) is 18.4 Å². The predicted molar refractivity (Wildman–Crippen MR) is 123 cm³/mol. The third kappa shape index (κ3) is 3.41. The topological polar surface area (TPSA) is 50.1 Å². The molecule has 3 aromatic heterocycles. The summed E-state index contributed by atoms with van der Waals surface area (Å²) in [6.07, 6.45) is 4.41. The number of rotatable bonds is 3. The van der Waals surface area contributed by atoms with Crippen molar-refractivity contribution in [3.05, 3.63) is 48.2 Å². The summed E-state index contributed by atoms with van der Waals surface area (Å²) in [5, 5.41) is 5.64. The van der Waals surface area contributed by atoms with Gasteiger partial charge in [-0.25, -0.2) is 9.97 Å². The number of piperidine rings is 1. The Morgan fingerprint density at radius 3 is 2.43 bits per heavy atom. The average molecular weight is 401 g/mol. The van der Waals surface area contributed by atoms with E-state index >= 15 is 0 Å². The Hall–Kier alpha value is -2.99. The fourth-order valence-electron chi connectivity index (χ4n) is 4.51. The molecular formula is C24H28N6. The van der Waals surface area contributed by atoms with Gasteiger partial charge in [0.2, 0.25) is 0 Å². The maximum absolute atomic E-state index is 4.93. The van der Waals surface area contributed by atoms with Gasteiger partial charge in [0.15, 0.2) is 0 Å². The highest BCUT2D eigenvalue weighted by atomic mass is 15.2. The van der Waals surface area contributed by atoms with E-state index in [9.17, 15) is 0 Å². The number of fused-ring (bicyclic) bond motifs is 2. The van der Waals surface area contributed by atoms with Crippen molar-refractivity contribution in [1.29, 1.82) is 0 Å². The first-order chi connectivity index (χ1) is 14.5. The number of aromatic nitrogens is 4. The maximum atomic E-state index is 4.93. The number of hydrogen-bond donors (Lipinski definition) is 0. The van der Waals surface area contributed by atoms with E-state index < -0.39 is 0 Å². The lowest BCUT2D eigenvalue weighted by molar-refractivity contribution is 0.249. The number of anilines is 1. The van der Waals surface area contributed by atoms with Gasteiger partial charge in [-0.1, -0.05) is 0 Å². The minimum absolute atomic E-state index is 0.673. The van der Waals surface area contributed by atoms with Crippen LogP contribution < -0.4 is 4.90 Å². The van der Waals surface area contributed by atoms with Crippen molar-refractivity contribution >= 4 is 27.8 Å². The molecule has 1 saturated heterocycles. The van der Waals surface area contributed by atoms with Crippen LogP contribution in [0.1, 0.15) is 18.4 Å². The van der Waals surface area contributed by atoms with Crippen LogP contribution in [0, 0.1) is 6.92 Å². The number of benzene rings is 1. The highest BCUT2D eigenvalue weighted by Gasteiger charge is 2.21. The van der Waals surface area contributed by atoms with Gasteiger partial charge < -0.3 is 9.80 Å². The lowest BCUT2D eigenvalue weighted by atomic mass is 10.0. The monoisotopic (exact) mass is 400 g/mol. The van der Waals surface area contributed by atoms with Gasteiger partial charge in [0.1, 0.15) is 5.82 Å². The van der Waals surface area contributed by atoms with E-state index in [0.29, 0.717) is 6.04 Å². The zero-order valence-corrected chi connectivity index (χ0v) is 18.1. The molecule has 0 unspecified atom stereocenters. The van der Waals surface area contributed by atoms with Crippen LogP contribution in [0.2, 0.25) is 0 Å². The maximum Gasteiger partial charge on any atom is 0.129 e. The summed E-state index contributed by atoms with van der Waals surface area (Å²) < 4.78 is 1.86. The fourth-order valence-corrected chi connectivity index (χ4v) is 4.51. The minimum atomic E-state index is 0.673. The molecule has 1 fully saturated rings. The Morgan fingerprint density at radius 1 is 0.933 bits per heavy atom. The van der Waals surface area contributed by atoms with Crippen molar-refractivity contribution < 1.29 is 0 Å². The zero-order valence-electron chi connectivity index (χ0n) is 18.1. The minimum Gasteiger partial charge on any atom is -0.356 e. The van der Waals surface area contributed by atoms with Gasteiger partial charge in [-0.05, 0) is 75.8 Å². The number of aryl methyl sites for hydroxylation is 2. The molecule has 0 saturated carbocycles. The largest absolute Gasteiger partial charge is 0.356 e. The Morgan fingerprint density at radius 2 is 1.67 bits per heavy atom. The second-order valence-electron chi connectivity index (χ2n) is 8.61. The molecule has 0 spiro atoms. The molecule has 1 aliphatic heterocycles. The molecular weight excluding hydrogens is 372 g/mol. The van der Waals surface area contributed by atoms with E-state index in [1.54, 1.807) is 0 Å². The van der Waals surface area contributed by atoms with Gasteiger partial charge >= 0.3 is 0 Å². The summed E-state index contributed by atoms with van der Waals surface area (Å²) in [5.41, 5.74) is 6.21. The van der Waals surface area contributed by atoms with Crippen LogP contribution in [-0.2, 0) is 7.05 Å². The van der Waals surface area contributed by atoms with Crippen molar-refractivity contribution in [2.24, 2.45) is 7.05 Å². The van der Waals surface area contributed by atoms with Crippen molar-refractivity contribution in [1.82, 2.24) is 24.6 Å². The van der Waals surface area contributed by atoms with Gasteiger partial charge in [-0.15, -0.1) is 0 Å². The van der Waals surface area contributed by atoms with E-state index in [1.807, 2.05) is 17.9 Å². The molecule has 6 heteroatoms. The molecule has 0 bridgehead atoms. The second-order valence-corrected chi connectivity index (χ2v) is 8.61. The van der Waals surface area contributed by atoms with Crippen molar-refractivity contribution in [3.63, 3.8) is 0 Å². The molecule has 0 radical (unpaired) electrons. The molecule has 0 amide bonds. The summed E-state index contributed by atoms with van der Waals surface area (Å²) >= 11 is 0. The van der Waals surface area contributed by atoms with Crippen LogP contribution in [0.4, 0.5) is 5.82 Å². The number of nitrogens with zero attached hydrogens (tertiary/aromatic N) is 6. The molecule has 4 aromatic rings. The van der Waals surface area contributed by atoms with Crippen molar-refractivity contribution in [2.45, 2.75) is 25.8 Å². The van der Waals surface area contributed by atoms with Crippen LogP contribution in [0.15, 0.2) is 42.6 Å². The molecule has 0 aliphatic carbocycles. The summed E-state index contributed by atoms with van der Waals surface area (Å²) in [7, 11) is 6.30. The van der Waals surface area contributed by atoms with Gasteiger partial charge in [-0.3, -0.25) is 4.68 Å². The lowest BCUT2D eigenvalue weighted by Crippen LogP contribution is -2.42. The van der Waals surface area contributed by atoms with Crippen LogP contribution in [0.25, 0.3) is 33.2 Å². The van der Waals surface area contributed by atoms with E-state index in [4.69, 9.17) is 9.97 Å². The van der Waals surface area contributed by atoms with Crippen LogP contribution >= 0.6 is 0 Å². The van der Waals surface area contributed by atoms with Gasteiger partial charge in [0.25, 0.3) is 0 Å². The van der Waals surface area contributed by atoms with E-state index in [2.05, 4.69) is 72.3 Å². The zero-order chi connectivity index (χ0) is 20.8. The second kappa shape index (κ2) is 7.36. The Balaban J connectivity index is 1.45. The molecule has 1 aromatic carbocycles. The molecule has 0 N–H and O–H groups in total. The quantitative estimate of drug-likeness (QED) is 0.520. The van der Waals surface area contributed by atoms with Crippen LogP contribution in [-0.4, -0.2) is 57.9 Å². The molecule has 6 nitrogen and oxygen atoms in total. The first-order valence-electron chi connectivity index (χ1n) is 10.6. The molecule has 4 heterocycles. The van der Waals surface area contributed by atoms with Crippen molar-refractivity contribution in [3.8, 4) is 11.3 Å². The van der Waals surface area contributed by atoms with Crippen molar-refractivity contribution in [2.75, 3.05) is 32.1 Å². The number of hydrogen-bond acceptors (Lipinski definition) is 5. The van der Waals surface area contributed by atoms with Gasteiger partial charge in [0, 0.05) is 43.3 Å². The Bertz CT molecular complexity index is 1220. The smallest absolute Gasteiger partial charge is 0.129 e. The molecule has 154 valence electrons. The molecule has 1 aliphatic rings. The van der Waals surface area contributed by atoms with Crippen LogP contribution in [0.3, 0.4) is 0 Å². The van der Waals surface area contributed by atoms with Gasteiger partial charge in [0.05, 0.1) is 22.2 Å². The number of pyridine rings is 2. The summed E-state index contributed by atoms with van der Waals surface area (Å²) in [6.45, 7) is 4.22. The predicted octanol–water partition coefficient (Wildman–Crippen LogP) is 4.02. The normalized spacial score (nSPS) is 15.6. The Kier molecular flexibility index (Phi) is 4.66. The standard InChI is InChI=1S/C24H28N6/c1-16-13-23-17(15-29(4)27-23)14-19(16)20-5-6-22-21(25-20)7-8-24(26-22)30-11-9-18(10-12-30)28(2)3/h5-8,13-15,18H,9-12H2,1-4H3. The molecule has 5 rings (SSSR count).